The fraction of sp³-hybridized carbons (Fsp3) is 0.250. The maximum Gasteiger partial charge on any atom is 0.251 e. The molecule has 6 nitrogen and oxygen atoms in total. The second-order valence-electron chi connectivity index (χ2n) is 6.09. The van der Waals surface area contributed by atoms with Crippen molar-refractivity contribution in [2.75, 3.05) is 0 Å². The minimum atomic E-state index is -0.133. The highest BCUT2D eigenvalue weighted by atomic mass is 16.5. The molecule has 1 N–H and O–H groups in total. The van der Waals surface area contributed by atoms with Gasteiger partial charge in [-0.3, -0.25) is 9.78 Å². The van der Waals surface area contributed by atoms with Crippen LogP contribution in [0.5, 0.6) is 5.75 Å². The standard InChI is InChI=1S/C20H21N3O3/c1-13(16-8-10-21-11-9-16)22-20(24)17-4-6-18(7-5-17)25-12-19-14(2)23-26-15(19)3/h4-11,13H,12H2,1-3H3,(H,22,24)/t13-/m1/s1. The van der Waals surface area contributed by atoms with Crippen molar-refractivity contribution in [1.82, 2.24) is 15.5 Å². The summed E-state index contributed by atoms with van der Waals surface area (Å²) in [5, 5.41) is 6.88. The van der Waals surface area contributed by atoms with E-state index in [9.17, 15) is 4.79 Å². The predicted molar refractivity (Wildman–Crippen MR) is 96.9 cm³/mol. The molecule has 0 fully saturated rings. The lowest BCUT2D eigenvalue weighted by atomic mass is 10.1. The van der Waals surface area contributed by atoms with Crippen LogP contribution in [0, 0.1) is 13.8 Å². The Morgan fingerprint density at radius 2 is 1.85 bits per heavy atom. The number of nitrogens with zero attached hydrogens (tertiary/aromatic N) is 2. The van der Waals surface area contributed by atoms with Crippen LogP contribution in [0.25, 0.3) is 0 Å². The Bertz CT molecular complexity index is 854. The smallest absolute Gasteiger partial charge is 0.251 e. The van der Waals surface area contributed by atoms with E-state index in [2.05, 4.69) is 15.5 Å². The Kier molecular flexibility index (Phi) is 5.31. The van der Waals surface area contributed by atoms with Crippen LogP contribution in [0.1, 0.15) is 45.9 Å². The number of hydrogen-bond donors (Lipinski definition) is 1. The first-order chi connectivity index (χ1) is 12.5. The molecule has 26 heavy (non-hydrogen) atoms. The van der Waals surface area contributed by atoms with Crippen molar-refractivity contribution >= 4 is 5.91 Å². The van der Waals surface area contributed by atoms with E-state index < -0.39 is 0 Å². The van der Waals surface area contributed by atoms with Gasteiger partial charge in [0.25, 0.3) is 5.91 Å². The molecule has 3 aromatic rings. The highest BCUT2D eigenvalue weighted by Crippen LogP contribution is 2.18. The lowest BCUT2D eigenvalue weighted by molar-refractivity contribution is 0.0940. The molecule has 0 bridgehead atoms. The summed E-state index contributed by atoms with van der Waals surface area (Å²) in [7, 11) is 0. The quantitative estimate of drug-likeness (QED) is 0.732. The first kappa shape index (κ1) is 17.7. The number of hydrogen-bond acceptors (Lipinski definition) is 5. The Balaban J connectivity index is 1.59. The zero-order chi connectivity index (χ0) is 18.5. The number of pyridine rings is 1. The number of aryl methyl sites for hydroxylation is 2. The molecule has 2 heterocycles. The first-order valence-electron chi connectivity index (χ1n) is 8.40. The number of carbonyl (C=O) groups excluding carboxylic acids is 1. The molecule has 6 heteroatoms. The van der Waals surface area contributed by atoms with Crippen LogP contribution in [-0.4, -0.2) is 16.0 Å². The molecule has 134 valence electrons. The molecule has 0 radical (unpaired) electrons. The summed E-state index contributed by atoms with van der Waals surface area (Å²) in [5.41, 5.74) is 3.35. The van der Waals surface area contributed by atoms with Gasteiger partial charge in [0.2, 0.25) is 0 Å². The van der Waals surface area contributed by atoms with E-state index in [-0.39, 0.29) is 11.9 Å². The van der Waals surface area contributed by atoms with Gasteiger partial charge in [0.15, 0.2) is 0 Å². The molecule has 1 amide bonds. The molecule has 1 aromatic carbocycles. The van der Waals surface area contributed by atoms with Gasteiger partial charge in [-0.05, 0) is 62.7 Å². The van der Waals surface area contributed by atoms with Crippen molar-refractivity contribution in [2.45, 2.75) is 33.4 Å². The van der Waals surface area contributed by atoms with Gasteiger partial charge < -0.3 is 14.6 Å². The second-order valence-corrected chi connectivity index (χ2v) is 6.09. The molecule has 0 aliphatic rings. The number of ether oxygens (including phenoxy) is 1. The first-order valence-corrected chi connectivity index (χ1v) is 8.40. The summed E-state index contributed by atoms with van der Waals surface area (Å²) in [4.78, 5) is 16.4. The maximum atomic E-state index is 12.4. The number of aromatic nitrogens is 2. The van der Waals surface area contributed by atoms with Gasteiger partial charge in [-0.1, -0.05) is 5.16 Å². The van der Waals surface area contributed by atoms with E-state index >= 15 is 0 Å². The SMILES string of the molecule is Cc1noc(C)c1COc1ccc(C(=O)N[C@H](C)c2ccncc2)cc1. The van der Waals surface area contributed by atoms with Crippen molar-refractivity contribution in [2.24, 2.45) is 0 Å². The zero-order valence-electron chi connectivity index (χ0n) is 15.0. The lowest BCUT2D eigenvalue weighted by Crippen LogP contribution is -2.26. The third-order valence-corrected chi connectivity index (χ3v) is 4.23. The van der Waals surface area contributed by atoms with Gasteiger partial charge >= 0.3 is 0 Å². The van der Waals surface area contributed by atoms with Crippen molar-refractivity contribution in [3.8, 4) is 5.75 Å². The molecular weight excluding hydrogens is 330 g/mol. The Labute approximate surface area is 152 Å². The summed E-state index contributed by atoms with van der Waals surface area (Å²) in [6, 6.07) is 10.7. The molecule has 3 rings (SSSR count). The zero-order valence-corrected chi connectivity index (χ0v) is 15.0. The topological polar surface area (TPSA) is 77.2 Å². The monoisotopic (exact) mass is 351 g/mol. The number of rotatable bonds is 6. The van der Waals surface area contributed by atoms with Crippen molar-refractivity contribution in [1.29, 1.82) is 0 Å². The molecule has 0 saturated heterocycles. The average molecular weight is 351 g/mol. The van der Waals surface area contributed by atoms with Crippen molar-refractivity contribution < 1.29 is 14.1 Å². The molecule has 2 aromatic heterocycles. The highest BCUT2D eigenvalue weighted by Gasteiger charge is 2.12. The molecule has 0 saturated carbocycles. The third kappa shape index (κ3) is 4.08. The van der Waals surface area contributed by atoms with Gasteiger partial charge in [-0.25, -0.2) is 0 Å². The summed E-state index contributed by atoms with van der Waals surface area (Å²) in [6.45, 7) is 6.06. The second kappa shape index (κ2) is 7.82. The summed E-state index contributed by atoms with van der Waals surface area (Å²) < 4.78 is 10.9. The minimum absolute atomic E-state index is 0.0963. The van der Waals surface area contributed by atoms with Crippen LogP contribution in [0.2, 0.25) is 0 Å². The van der Waals surface area contributed by atoms with Gasteiger partial charge in [0.05, 0.1) is 17.3 Å². The molecular formula is C20H21N3O3. The van der Waals surface area contributed by atoms with Crippen LogP contribution in [0.15, 0.2) is 53.3 Å². The number of carbonyl (C=O) groups is 1. The molecule has 0 aliphatic carbocycles. The molecule has 0 spiro atoms. The third-order valence-electron chi connectivity index (χ3n) is 4.23. The van der Waals surface area contributed by atoms with E-state index in [0.29, 0.717) is 17.9 Å². The van der Waals surface area contributed by atoms with Crippen LogP contribution in [0.3, 0.4) is 0 Å². The van der Waals surface area contributed by atoms with Crippen LogP contribution >= 0.6 is 0 Å². The fourth-order valence-electron chi connectivity index (χ4n) is 2.58. The molecule has 1 atom stereocenters. The number of amides is 1. The number of benzene rings is 1. The Morgan fingerprint density at radius 1 is 1.15 bits per heavy atom. The van der Waals surface area contributed by atoms with E-state index in [1.165, 1.54) is 0 Å². The largest absolute Gasteiger partial charge is 0.489 e. The average Bonchev–Trinajstić information content (AvgIpc) is 2.99. The van der Waals surface area contributed by atoms with Crippen LogP contribution < -0.4 is 10.1 Å². The van der Waals surface area contributed by atoms with E-state index in [1.807, 2.05) is 32.9 Å². The van der Waals surface area contributed by atoms with Gasteiger partial charge in [-0.15, -0.1) is 0 Å². The Morgan fingerprint density at radius 3 is 2.46 bits per heavy atom. The molecule has 0 unspecified atom stereocenters. The summed E-state index contributed by atoms with van der Waals surface area (Å²) in [5.74, 6) is 1.30. The Hall–Kier alpha value is -3.15. The van der Waals surface area contributed by atoms with Crippen LogP contribution in [0.4, 0.5) is 0 Å². The maximum absolute atomic E-state index is 12.4. The van der Waals surface area contributed by atoms with Crippen molar-refractivity contribution in [3.63, 3.8) is 0 Å². The predicted octanol–water partition coefficient (Wildman–Crippen LogP) is 3.76. The highest BCUT2D eigenvalue weighted by molar-refractivity contribution is 5.94. The van der Waals surface area contributed by atoms with Crippen molar-refractivity contribution in [3.05, 3.63) is 76.9 Å². The molecule has 0 aliphatic heterocycles. The van der Waals surface area contributed by atoms with E-state index in [4.69, 9.17) is 9.26 Å². The van der Waals surface area contributed by atoms with Gasteiger partial charge in [0, 0.05) is 18.0 Å². The lowest BCUT2D eigenvalue weighted by Gasteiger charge is -2.14. The summed E-state index contributed by atoms with van der Waals surface area (Å²) in [6.07, 6.45) is 3.42. The van der Waals surface area contributed by atoms with Crippen LogP contribution in [-0.2, 0) is 6.61 Å². The normalized spacial score (nSPS) is 11.8. The fourth-order valence-corrected chi connectivity index (χ4v) is 2.58. The minimum Gasteiger partial charge on any atom is -0.489 e. The van der Waals surface area contributed by atoms with E-state index in [0.717, 1.165) is 22.6 Å². The summed E-state index contributed by atoms with van der Waals surface area (Å²) >= 11 is 0. The van der Waals surface area contributed by atoms with Gasteiger partial charge in [-0.2, -0.15) is 0 Å². The van der Waals surface area contributed by atoms with E-state index in [1.54, 1.807) is 36.7 Å². The van der Waals surface area contributed by atoms with Gasteiger partial charge in [0.1, 0.15) is 18.1 Å². The number of nitrogens with one attached hydrogen (secondary N) is 1.